The summed E-state index contributed by atoms with van der Waals surface area (Å²) in [5, 5.41) is 2.84. The van der Waals surface area contributed by atoms with Crippen molar-refractivity contribution in [1.82, 2.24) is 5.32 Å². The van der Waals surface area contributed by atoms with Gasteiger partial charge in [-0.15, -0.1) is 0 Å². The van der Waals surface area contributed by atoms with Crippen LogP contribution in [0, 0.1) is 30.2 Å². The van der Waals surface area contributed by atoms with Crippen molar-refractivity contribution >= 4 is 0 Å². The number of hydrogen-bond donors (Lipinski definition) is 1. The largest absolute Gasteiger partial charge is 0.313 e. The molecule has 0 saturated carbocycles. The van der Waals surface area contributed by atoms with E-state index in [2.05, 4.69) is 5.32 Å². The molecular formula is C16H15F4N. The maximum absolute atomic E-state index is 14.0. The third kappa shape index (κ3) is 3.42. The number of hydrogen-bond acceptors (Lipinski definition) is 1. The highest BCUT2D eigenvalue weighted by molar-refractivity contribution is 5.30. The fourth-order valence-corrected chi connectivity index (χ4v) is 2.26. The molecule has 5 heteroatoms. The summed E-state index contributed by atoms with van der Waals surface area (Å²) in [6.07, 6.45) is 0.143. The third-order valence-corrected chi connectivity index (χ3v) is 3.39. The normalized spacial score (nSPS) is 12.5. The molecule has 2 rings (SSSR count). The maximum Gasteiger partial charge on any atom is 0.163 e. The molecule has 0 heterocycles. The Morgan fingerprint density at radius 2 is 1.57 bits per heavy atom. The van der Waals surface area contributed by atoms with Gasteiger partial charge in [0.1, 0.15) is 11.6 Å². The van der Waals surface area contributed by atoms with Crippen LogP contribution in [0.4, 0.5) is 17.6 Å². The molecule has 0 bridgehead atoms. The van der Waals surface area contributed by atoms with E-state index in [1.165, 1.54) is 31.2 Å². The van der Waals surface area contributed by atoms with Gasteiger partial charge in [-0.3, -0.25) is 0 Å². The van der Waals surface area contributed by atoms with Gasteiger partial charge in [-0.2, -0.15) is 0 Å². The lowest BCUT2D eigenvalue weighted by molar-refractivity contribution is 0.468. The fraction of sp³-hybridized carbons (Fsp3) is 0.250. The van der Waals surface area contributed by atoms with Gasteiger partial charge in [-0.25, -0.2) is 17.6 Å². The van der Waals surface area contributed by atoms with Crippen LogP contribution in [0.25, 0.3) is 0 Å². The zero-order valence-electron chi connectivity index (χ0n) is 11.7. The number of rotatable bonds is 4. The molecule has 0 aliphatic heterocycles. The molecule has 2 aromatic rings. The fourth-order valence-electron chi connectivity index (χ4n) is 2.26. The molecule has 1 N–H and O–H groups in total. The Labute approximate surface area is 120 Å². The predicted molar refractivity (Wildman–Crippen MR) is 73.0 cm³/mol. The van der Waals surface area contributed by atoms with Gasteiger partial charge in [0.2, 0.25) is 0 Å². The summed E-state index contributed by atoms with van der Waals surface area (Å²) in [5.41, 5.74) is 0.709. The molecule has 0 amide bonds. The van der Waals surface area contributed by atoms with E-state index in [-0.39, 0.29) is 17.5 Å². The van der Waals surface area contributed by atoms with E-state index in [0.29, 0.717) is 5.56 Å². The Kier molecular flexibility index (Phi) is 4.63. The van der Waals surface area contributed by atoms with Gasteiger partial charge in [-0.1, -0.05) is 12.1 Å². The quantitative estimate of drug-likeness (QED) is 0.839. The second kappa shape index (κ2) is 6.26. The molecule has 0 aliphatic carbocycles. The van der Waals surface area contributed by atoms with Crippen LogP contribution in [0.2, 0.25) is 0 Å². The van der Waals surface area contributed by atoms with Gasteiger partial charge in [0, 0.05) is 17.7 Å². The molecule has 0 aliphatic rings. The number of likely N-dealkylation sites (N-methyl/N-ethyl adjacent to an activating group) is 1. The molecule has 0 saturated heterocycles. The first-order valence-corrected chi connectivity index (χ1v) is 6.49. The lowest BCUT2D eigenvalue weighted by Gasteiger charge is -2.18. The molecule has 0 aromatic heterocycles. The predicted octanol–water partition coefficient (Wildman–Crippen LogP) is 4.05. The van der Waals surface area contributed by atoms with E-state index >= 15 is 0 Å². The number of aryl methyl sites for hydroxylation is 1. The van der Waals surface area contributed by atoms with E-state index in [1.807, 2.05) is 0 Å². The Balaban J connectivity index is 2.34. The minimum Gasteiger partial charge on any atom is -0.313 e. The van der Waals surface area contributed by atoms with Crippen LogP contribution < -0.4 is 5.32 Å². The van der Waals surface area contributed by atoms with Gasteiger partial charge in [0.25, 0.3) is 0 Å². The Hall–Kier alpha value is -1.88. The summed E-state index contributed by atoms with van der Waals surface area (Å²) in [7, 11) is 1.58. The first-order valence-electron chi connectivity index (χ1n) is 6.49. The summed E-state index contributed by atoms with van der Waals surface area (Å²) >= 11 is 0. The first-order chi connectivity index (χ1) is 9.92. The Morgan fingerprint density at radius 3 is 2.14 bits per heavy atom. The highest BCUT2D eigenvalue weighted by atomic mass is 19.2. The monoisotopic (exact) mass is 297 g/mol. The Bertz CT molecular complexity index is 635. The van der Waals surface area contributed by atoms with Gasteiger partial charge in [-0.05, 0) is 43.7 Å². The molecule has 2 aromatic carbocycles. The van der Waals surface area contributed by atoms with E-state index in [1.54, 1.807) is 7.05 Å². The SMILES string of the molecule is CNC(Cc1cc(F)cc(F)c1)c1ccc(C)c(F)c1F. The minimum atomic E-state index is -0.939. The van der Waals surface area contributed by atoms with E-state index in [0.717, 1.165) is 6.07 Å². The van der Waals surface area contributed by atoms with Crippen molar-refractivity contribution in [1.29, 1.82) is 0 Å². The average molecular weight is 297 g/mol. The van der Waals surface area contributed by atoms with Crippen molar-refractivity contribution in [3.05, 3.63) is 70.3 Å². The van der Waals surface area contributed by atoms with Crippen molar-refractivity contribution in [3.63, 3.8) is 0 Å². The molecule has 0 fully saturated rings. The standard InChI is InChI=1S/C16H15F4N/c1-9-3-4-13(16(20)15(9)19)14(21-2)7-10-5-11(17)8-12(18)6-10/h3-6,8,14,21H,7H2,1-2H3. The smallest absolute Gasteiger partial charge is 0.163 e. The number of nitrogens with one attached hydrogen (secondary N) is 1. The maximum atomic E-state index is 14.0. The zero-order chi connectivity index (χ0) is 15.6. The lowest BCUT2D eigenvalue weighted by Crippen LogP contribution is -2.21. The van der Waals surface area contributed by atoms with E-state index in [9.17, 15) is 17.6 Å². The summed E-state index contributed by atoms with van der Waals surface area (Å²) in [6, 6.07) is 5.49. The second-order valence-corrected chi connectivity index (χ2v) is 4.92. The zero-order valence-corrected chi connectivity index (χ0v) is 11.7. The van der Waals surface area contributed by atoms with Crippen molar-refractivity contribution in [3.8, 4) is 0 Å². The molecule has 0 spiro atoms. The van der Waals surface area contributed by atoms with Crippen molar-refractivity contribution in [2.45, 2.75) is 19.4 Å². The van der Waals surface area contributed by atoms with Gasteiger partial charge < -0.3 is 5.32 Å². The average Bonchev–Trinajstić information content (AvgIpc) is 2.42. The van der Waals surface area contributed by atoms with Crippen molar-refractivity contribution in [2.24, 2.45) is 0 Å². The molecule has 112 valence electrons. The van der Waals surface area contributed by atoms with Crippen LogP contribution >= 0.6 is 0 Å². The molecule has 0 radical (unpaired) electrons. The van der Waals surface area contributed by atoms with Gasteiger partial charge in [0.05, 0.1) is 0 Å². The number of benzene rings is 2. The van der Waals surface area contributed by atoms with Crippen LogP contribution in [-0.2, 0) is 6.42 Å². The molecule has 1 nitrogen and oxygen atoms in total. The van der Waals surface area contributed by atoms with E-state index in [4.69, 9.17) is 0 Å². The van der Waals surface area contributed by atoms with Gasteiger partial charge in [0.15, 0.2) is 11.6 Å². The second-order valence-electron chi connectivity index (χ2n) is 4.92. The summed E-state index contributed by atoms with van der Waals surface area (Å²) in [6.45, 7) is 1.47. The van der Waals surface area contributed by atoms with Crippen LogP contribution in [0.3, 0.4) is 0 Å². The highest BCUT2D eigenvalue weighted by Crippen LogP contribution is 2.25. The highest BCUT2D eigenvalue weighted by Gasteiger charge is 2.19. The van der Waals surface area contributed by atoms with Crippen LogP contribution in [0.5, 0.6) is 0 Å². The third-order valence-electron chi connectivity index (χ3n) is 3.39. The topological polar surface area (TPSA) is 12.0 Å². The lowest BCUT2D eigenvalue weighted by atomic mass is 9.97. The molecule has 1 atom stereocenters. The van der Waals surface area contributed by atoms with Crippen molar-refractivity contribution in [2.75, 3.05) is 7.05 Å². The van der Waals surface area contributed by atoms with E-state index < -0.39 is 29.3 Å². The Morgan fingerprint density at radius 1 is 0.952 bits per heavy atom. The summed E-state index contributed by atoms with van der Waals surface area (Å²) in [5.74, 6) is -3.24. The van der Waals surface area contributed by atoms with Crippen LogP contribution in [-0.4, -0.2) is 7.05 Å². The van der Waals surface area contributed by atoms with Gasteiger partial charge >= 0.3 is 0 Å². The molecule has 1 unspecified atom stereocenters. The van der Waals surface area contributed by atoms with Crippen LogP contribution in [0.15, 0.2) is 30.3 Å². The summed E-state index contributed by atoms with van der Waals surface area (Å²) < 4.78 is 54.0. The summed E-state index contributed by atoms with van der Waals surface area (Å²) in [4.78, 5) is 0. The minimum absolute atomic E-state index is 0.130. The van der Waals surface area contributed by atoms with Crippen molar-refractivity contribution < 1.29 is 17.6 Å². The first kappa shape index (κ1) is 15.5. The molecular weight excluding hydrogens is 282 g/mol. The molecule has 21 heavy (non-hydrogen) atoms. The van der Waals surface area contributed by atoms with Crippen LogP contribution in [0.1, 0.15) is 22.7 Å². The number of halogens is 4.